The zero-order valence-electron chi connectivity index (χ0n) is 41.9. The van der Waals surface area contributed by atoms with Gasteiger partial charge >= 0.3 is 5.97 Å². The number of nitrogens with one attached hydrogen (secondary N) is 1. The Balaban J connectivity index is 4.76. The number of amides is 1. The Hall–Kier alpha value is -2.96. The Bertz CT molecular complexity index is 1230. The SMILES string of the molecule is CC/C=C\C/C=C\C/C=C\C/C=C\C/C=C\C/C=C\C(CC(=O)NC(CO)C(O)CCCCCCCCCCCCCCCCC)OC(=O)CCCCC/C=C\CCCCCCCC. The molecule has 0 rings (SSSR count). The third-order valence-corrected chi connectivity index (χ3v) is 11.7. The van der Waals surface area contributed by atoms with E-state index in [-0.39, 0.29) is 24.9 Å². The number of hydrogen-bond donors (Lipinski definition) is 3. The van der Waals surface area contributed by atoms with Gasteiger partial charge in [0.25, 0.3) is 0 Å². The molecular formula is C58H101NO5. The number of allylic oxidation sites excluding steroid dienone is 13. The number of rotatable bonds is 47. The van der Waals surface area contributed by atoms with Crippen molar-refractivity contribution < 1.29 is 24.5 Å². The van der Waals surface area contributed by atoms with Gasteiger partial charge in [-0.3, -0.25) is 9.59 Å². The van der Waals surface area contributed by atoms with Crippen LogP contribution < -0.4 is 5.32 Å². The van der Waals surface area contributed by atoms with Gasteiger partial charge in [0.15, 0.2) is 0 Å². The lowest BCUT2D eigenvalue weighted by atomic mass is 10.0. The van der Waals surface area contributed by atoms with Gasteiger partial charge in [0.2, 0.25) is 5.91 Å². The van der Waals surface area contributed by atoms with E-state index in [0.717, 1.165) is 83.5 Å². The van der Waals surface area contributed by atoms with Crippen LogP contribution >= 0.6 is 0 Å². The van der Waals surface area contributed by atoms with Crippen molar-refractivity contribution in [1.29, 1.82) is 0 Å². The number of carbonyl (C=O) groups is 2. The van der Waals surface area contributed by atoms with Gasteiger partial charge in [-0.1, -0.05) is 235 Å². The monoisotopic (exact) mass is 892 g/mol. The minimum Gasteiger partial charge on any atom is -0.458 e. The van der Waals surface area contributed by atoms with Crippen LogP contribution in [0.4, 0.5) is 0 Å². The first-order valence-electron chi connectivity index (χ1n) is 26.8. The fraction of sp³-hybridized carbons (Fsp3) is 0.724. The van der Waals surface area contributed by atoms with Gasteiger partial charge in [0.1, 0.15) is 6.10 Å². The van der Waals surface area contributed by atoms with Gasteiger partial charge in [-0.25, -0.2) is 0 Å². The lowest BCUT2D eigenvalue weighted by molar-refractivity contribution is -0.148. The lowest BCUT2D eigenvalue weighted by Crippen LogP contribution is -2.46. The molecule has 0 aromatic rings. The van der Waals surface area contributed by atoms with E-state index in [4.69, 9.17) is 4.74 Å². The quantitative estimate of drug-likeness (QED) is 0.0321. The van der Waals surface area contributed by atoms with E-state index in [1.165, 1.54) is 116 Å². The van der Waals surface area contributed by atoms with Crippen molar-refractivity contribution in [3.8, 4) is 0 Å². The van der Waals surface area contributed by atoms with Crippen molar-refractivity contribution in [2.75, 3.05) is 6.61 Å². The molecule has 0 aromatic heterocycles. The van der Waals surface area contributed by atoms with Gasteiger partial charge in [0.05, 0.1) is 25.2 Å². The fourth-order valence-electron chi connectivity index (χ4n) is 7.66. The number of carbonyl (C=O) groups excluding carboxylic acids is 2. The Morgan fingerprint density at radius 3 is 1.31 bits per heavy atom. The highest BCUT2D eigenvalue weighted by molar-refractivity contribution is 5.78. The highest BCUT2D eigenvalue weighted by Crippen LogP contribution is 2.16. The fourth-order valence-corrected chi connectivity index (χ4v) is 7.66. The maximum atomic E-state index is 13.2. The highest BCUT2D eigenvalue weighted by Gasteiger charge is 2.23. The molecule has 368 valence electrons. The van der Waals surface area contributed by atoms with Crippen LogP contribution in [0.1, 0.15) is 245 Å². The number of ether oxygens (including phenoxy) is 1. The summed E-state index contributed by atoms with van der Waals surface area (Å²) in [5.41, 5.74) is 0. The summed E-state index contributed by atoms with van der Waals surface area (Å²) >= 11 is 0. The van der Waals surface area contributed by atoms with E-state index in [0.29, 0.717) is 19.3 Å². The second kappa shape index (κ2) is 51.0. The molecule has 0 saturated heterocycles. The molecule has 0 aliphatic heterocycles. The predicted octanol–water partition coefficient (Wildman–Crippen LogP) is 16.3. The molecule has 64 heavy (non-hydrogen) atoms. The summed E-state index contributed by atoms with van der Waals surface area (Å²) in [5.74, 6) is -0.650. The minimum atomic E-state index is -0.826. The lowest BCUT2D eigenvalue weighted by Gasteiger charge is -2.23. The Morgan fingerprint density at radius 2 is 0.875 bits per heavy atom. The van der Waals surface area contributed by atoms with E-state index in [9.17, 15) is 19.8 Å². The van der Waals surface area contributed by atoms with Gasteiger partial charge < -0.3 is 20.3 Å². The summed E-state index contributed by atoms with van der Waals surface area (Å²) in [5, 5.41) is 23.7. The number of hydrogen-bond acceptors (Lipinski definition) is 5. The van der Waals surface area contributed by atoms with Crippen molar-refractivity contribution in [2.45, 2.75) is 264 Å². The second-order valence-electron chi connectivity index (χ2n) is 17.9. The van der Waals surface area contributed by atoms with Crippen molar-refractivity contribution in [3.05, 3.63) is 85.1 Å². The molecule has 6 heteroatoms. The van der Waals surface area contributed by atoms with Crippen LogP contribution in [0.15, 0.2) is 85.1 Å². The first-order chi connectivity index (χ1) is 31.5. The van der Waals surface area contributed by atoms with Gasteiger partial charge in [-0.05, 0) is 83.1 Å². The van der Waals surface area contributed by atoms with E-state index in [2.05, 4.69) is 99.0 Å². The molecule has 0 aromatic carbocycles. The van der Waals surface area contributed by atoms with Crippen LogP contribution in [0, 0.1) is 0 Å². The smallest absolute Gasteiger partial charge is 0.306 e. The molecule has 1 amide bonds. The molecule has 0 saturated carbocycles. The molecule has 3 atom stereocenters. The first kappa shape index (κ1) is 61.0. The molecule has 6 nitrogen and oxygen atoms in total. The zero-order valence-corrected chi connectivity index (χ0v) is 41.9. The summed E-state index contributed by atoms with van der Waals surface area (Å²) in [4.78, 5) is 26.1. The van der Waals surface area contributed by atoms with Gasteiger partial charge in [-0.15, -0.1) is 0 Å². The number of esters is 1. The molecule has 0 fully saturated rings. The average Bonchev–Trinajstić information content (AvgIpc) is 3.29. The van der Waals surface area contributed by atoms with E-state index in [1.54, 1.807) is 6.08 Å². The molecule has 0 heterocycles. The first-order valence-corrected chi connectivity index (χ1v) is 26.8. The Labute approximate surface area is 395 Å². The van der Waals surface area contributed by atoms with Crippen molar-refractivity contribution >= 4 is 11.9 Å². The predicted molar refractivity (Wildman–Crippen MR) is 278 cm³/mol. The summed E-state index contributed by atoms with van der Waals surface area (Å²) < 4.78 is 5.82. The standard InChI is InChI=1S/C58H101NO5/c1-4-7-10-13-16-19-22-25-27-28-30-32-34-37-40-43-46-49-54(64-58(63)51-48-45-42-39-36-31-24-21-18-15-12-9-6-3)52-57(62)59-55(53-60)56(61)50-47-44-41-38-35-33-29-26-23-20-17-14-11-8-5-2/h7,10,16,19,25,27,30-32,36-37,40,46,49,54-56,60-61H,4-6,8-9,11-15,17-18,20-24,26,28-29,33-35,38-39,41-45,47-48,50-53H2,1-3H3,(H,59,62)/b10-7-,19-16-,27-25-,32-30-,36-31-,40-37-,49-46-. The Morgan fingerprint density at radius 1 is 0.484 bits per heavy atom. The molecular weight excluding hydrogens is 791 g/mol. The Kier molecular flexibility index (Phi) is 48.7. The van der Waals surface area contributed by atoms with Crippen LogP contribution in [0.3, 0.4) is 0 Å². The van der Waals surface area contributed by atoms with Crippen LogP contribution in [-0.4, -0.2) is 46.9 Å². The van der Waals surface area contributed by atoms with Crippen molar-refractivity contribution in [3.63, 3.8) is 0 Å². The van der Waals surface area contributed by atoms with Crippen LogP contribution in [0.5, 0.6) is 0 Å². The van der Waals surface area contributed by atoms with Crippen LogP contribution in [-0.2, 0) is 14.3 Å². The van der Waals surface area contributed by atoms with Gasteiger partial charge in [-0.2, -0.15) is 0 Å². The number of aliphatic hydroxyl groups excluding tert-OH is 2. The summed E-state index contributed by atoms with van der Waals surface area (Å²) in [7, 11) is 0. The normalized spacial score (nSPS) is 13.9. The second-order valence-corrected chi connectivity index (χ2v) is 17.9. The zero-order chi connectivity index (χ0) is 46.7. The largest absolute Gasteiger partial charge is 0.458 e. The molecule has 0 radical (unpaired) electrons. The molecule has 3 N–H and O–H groups in total. The molecule has 0 spiro atoms. The van der Waals surface area contributed by atoms with Crippen LogP contribution in [0.2, 0.25) is 0 Å². The van der Waals surface area contributed by atoms with E-state index in [1.807, 2.05) is 6.08 Å². The van der Waals surface area contributed by atoms with E-state index < -0.39 is 18.2 Å². The summed E-state index contributed by atoms with van der Waals surface area (Å²) in [6, 6.07) is -0.749. The maximum absolute atomic E-state index is 13.2. The third kappa shape index (κ3) is 45.6. The average molecular weight is 892 g/mol. The maximum Gasteiger partial charge on any atom is 0.306 e. The van der Waals surface area contributed by atoms with Crippen molar-refractivity contribution in [2.24, 2.45) is 0 Å². The molecule has 0 aliphatic carbocycles. The molecule has 3 unspecified atom stereocenters. The topological polar surface area (TPSA) is 95.9 Å². The third-order valence-electron chi connectivity index (χ3n) is 11.7. The molecule has 0 bridgehead atoms. The summed E-state index contributed by atoms with van der Waals surface area (Å²) in [6.45, 7) is 6.33. The minimum absolute atomic E-state index is 0.0561. The number of aliphatic hydroxyl groups is 2. The van der Waals surface area contributed by atoms with Crippen LogP contribution in [0.25, 0.3) is 0 Å². The highest BCUT2D eigenvalue weighted by atomic mass is 16.5. The van der Waals surface area contributed by atoms with E-state index >= 15 is 0 Å². The molecule has 0 aliphatic rings. The van der Waals surface area contributed by atoms with Crippen molar-refractivity contribution in [1.82, 2.24) is 5.32 Å². The number of unbranched alkanes of at least 4 members (excludes halogenated alkanes) is 23. The summed E-state index contributed by atoms with van der Waals surface area (Å²) in [6.07, 6.45) is 66.7. The van der Waals surface area contributed by atoms with Gasteiger partial charge in [0, 0.05) is 6.42 Å².